The first kappa shape index (κ1) is 18.4. The van der Waals surface area contributed by atoms with Gasteiger partial charge in [-0.05, 0) is 50.1 Å². The molecule has 1 aromatic heterocycles. The number of nitrogens with zero attached hydrogens (tertiary/aromatic N) is 3. The number of carbonyl (C=O) groups is 1. The van der Waals surface area contributed by atoms with Crippen molar-refractivity contribution in [1.82, 2.24) is 9.88 Å². The zero-order chi connectivity index (χ0) is 19.0. The van der Waals surface area contributed by atoms with Crippen molar-refractivity contribution >= 4 is 40.6 Å². The fraction of sp³-hybridized carbons (Fsp3) is 0.400. The number of nitrogens with one attached hydrogen (secondary N) is 1. The van der Waals surface area contributed by atoms with Gasteiger partial charge in [0.05, 0.1) is 0 Å². The van der Waals surface area contributed by atoms with Crippen molar-refractivity contribution in [2.45, 2.75) is 19.8 Å². The number of halogens is 2. The minimum Gasteiger partial charge on any atom is -0.370 e. The topological polar surface area (TPSA) is 48.5 Å². The van der Waals surface area contributed by atoms with E-state index in [-0.39, 0.29) is 11.4 Å². The van der Waals surface area contributed by atoms with Crippen LogP contribution in [0.2, 0.25) is 10.0 Å². The Balaban J connectivity index is 1.39. The Morgan fingerprint density at radius 1 is 1.15 bits per heavy atom. The van der Waals surface area contributed by atoms with Crippen LogP contribution in [0.15, 0.2) is 36.5 Å². The first-order chi connectivity index (χ1) is 12.9. The lowest BCUT2D eigenvalue weighted by atomic mass is 9.73. The third-order valence-corrected chi connectivity index (χ3v) is 5.80. The quantitative estimate of drug-likeness (QED) is 0.779. The minimum atomic E-state index is -0.0920. The Morgan fingerprint density at radius 2 is 1.89 bits per heavy atom. The van der Waals surface area contributed by atoms with Crippen LogP contribution in [0.25, 0.3) is 0 Å². The van der Waals surface area contributed by atoms with Gasteiger partial charge in [0.1, 0.15) is 0 Å². The van der Waals surface area contributed by atoms with Gasteiger partial charge in [-0.2, -0.15) is 0 Å². The van der Waals surface area contributed by atoms with Gasteiger partial charge >= 0.3 is 6.03 Å². The Kier molecular flexibility index (Phi) is 4.91. The molecule has 0 bridgehead atoms. The van der Waals surface area contributed by atoms with Crippen LogP contribution in [-0.4, -0.2) is 42.1 Å². The lowest BCUT2D eigenvalue weighted by molar-refractivity contribution is 0.0838. The second-order valence-electron chi connectivity index (χ2n) is 7.62. The van der Waals surface area contributed by atoms with Crippen LogP contribution in [0.4, 0.5) is 16.2 Å². The Morgan fingerprint density at radius 3 is 2.59 bits per heavy atom. The molecule has 2 aliphatic heterocycles. The first-order valence-corrected chi connectivity index (χ1v) is 9.88. The zero-order valence-corrected chi connectivity index (χ0v) is 16.7. The molecule has 142 valence electrons. The highest BCUT2D eigenvalue weighted by atomic mass is 35.5. The molecule has 1 N–H and O–H groups in total. The van der Waals surface area contributed by atoms with Gasteiger partial charge in [0.2, 0.25) is 0 Å². The van der Waals surface area contributed by atoms with E-state index >= 15 is 0 Å². The van der Waals surface area contributed by atoms with Gasteiger partial charge in [0, 0.05) is 64.9 Å². The molecule has 2 aromatic rings. The number of amides is 2. The van der Waals surface area contributed by atoms with Crippen LogP contribution in [0.3, 0.4) is 0 Å². The number of piperidine rings is 1. The van der Waals surface area contributed by atoms with Gasteiger partial charge in [-0.1, -0.05) is 23.2 Å². The lowest BCUT2D eigenvalue weighted by Gasteiger charge is -2.55. The lowest BCUT2D eigenvalue weighted by Crippen LogP contribution is -2.64. The van der Waals surface area contributed by atoms with Crippen LogP contribution < -0.4 is 10.2 Å². The van der Waals surface area contributed by atoms with E-state index < -0.39 is 0 Å². The molecule has 7 heteroatoms. The van der Waals surface area contributed by atoms with Crippen molar-refractivity contribution in [1.29, 1.82) is 0 Å². The molecule has 2 aliphatic rings. The summed E-state index contributed by atoms with van der Waals surface area (Å²) in [5.74, 6) is 0. The predicted octanol–water partition coefficient (Wildman–Crippen LogP) is 4.83. The standard InChI is InChI=1S/C20H22Cl2N4O/c1-14-7-18(3-5-23-14)26-12-20(13-26)4-2-6-25(11-20)19(27)24-17-9-15(21)8-16(22)10-17/h3,5,7-10H,2,4,6,11-13H2,1H3,(H,24,27). The average molecular weight is 405 g/mol. The van der Waals surface area contributed by atoms with Gasteiger partial charge in [0.25, 0.3) is 0 Å². The number of pyridine rings is 1. The molecule has 5 nitrogen and oxygen atoms in total. The van der Waals surface area contributed by atoms with Crippen LogP contribution in [-0.2, 0) is 0 Å². The summed E-state index contributed by atoms with van der Waals surface area (Å²) in [6, 6.07) is 9.15. The highest BCUT2D eigenvalue weighted by molar-refractivity contribution is 6.35. The van der Waals surface area contributed by atoms with Crippen LogP contribution >= 0.6 is 23.2 Å². The van der Waals surface area contributed by atoms with E-state index in [2.05, 4.69) is 27.3 Å². The van der Waals surface area contributed by atoms with Crippen LogP contribution in [0, 0.1) is 12.3 Å². The summed E-state index contributed by atoms with van der Waals surface area (Å²) in [7, 11) is 0. The minimum absolute atomic E-state index is 0.0920. The third kappa shape index (κ3) is 3.99. The van der Waals surface area contributed by atoms with Crippen molar-refractivity contribution in [2.75, 3.05) is 36.4 Å². The van der Waals surface area contributed by atoms with Gasteiger partial charge in [-0.3, -0.25) is 4.98 Å². The van der Waals surface area contributed by atoms with Crippen molar-refractivity contribution in [2.24, 2.45) is 5.41 Å². The summed E-state index contributed by atoms with van der Waals surface area (Å²) < 4.78 is 0. The van der Waals surface area contributed by atoms with E-state index in [0.29, 0.717) is 15.7 Å². The van der Waals surface area contributed by atoms with Gasteiger partial charge in [-0.15, -0.1) is 0 Å². The summed E-state index contributed by atoms with van der Waals surface area (Å²) in [5.41, 5.74) is 3.04. The summed E-state index contributed by atoms with van der Waals surface area (Å²) in [6.07, 6.45) is 4.03. The summed E-state index contributed by atoms with van der Waals surface area (Å²) in [4.78, 5) is 21.3. The number of urea groups is 1. The fourth-order valence-corrected chi connectivity index (χ4v) is 4.67. The summed E-state index contributed by atoms with van der Waals surface area (Å²) in [6.45, 7) is 5.50. The highest BCUT2D eigenvalue weighted by Gasteiger charge is 2.46. The monoisotopic (exact) mass is 404 g/mol. The molecule has 0 unspecified atom stereocenters. The van der Waals surface area contributed by atoms with Crippen LogP contribution in [0.1, 0.15) is 18.5 Å². The van der Waals surface area contributed by atoms with E-state index in [1.165, 1.54) is 5.69 Å². The van der Waals surface area contributed by atoms with Crippen molar-refractivity contribution in [3.8, 4) is 0 Å². The second-order valence-corrected chi connectivity index (χ2v) is 8.50. The maximum Gasteiger partial charge on any atom is 0.321 e. The molecule has 1 aromatic carbocycles. The smallest absolute Gasteiger partial charge is 0.321 e. The number of aryl methyl sites for hydroxylation is 1. The molecular formula is C20H22Cl2N4O. The molecule has 0 aliphatic carbocycles. The molecular weight excluding hydrogens is 383 g/mol. The number of benzene rings is 1. The van der Waals surface area contributed by atoms with E-state index in [4.69, 9.17) is 23.2 Å². The molecule has 1 spiro atoms. The Labute approximate surface area is 169 Å². The van der Waals surface area contributed by atoms with E-state index in [1.807, 2.05) is 18.0 Å². The van der Waals surface area contributed by atoms with E-state index in [0.717, 1.165) is 44.7 Å². The molecule has 3 heterocycles. The zero-order valence-electron chi connectivity index (χ0n) is 15.2. The summed E-state index contributed by atoms with van der Waals surface area (Å²) in [5, 5.41) is 3.94. The second kappa shape index (κ2) is 7.21. The number of aromatic nitrogens is 1. The van der Waals surface area contributed by atoms with Gasteiger partial charge < -0.3 is 15.1 Å². The number of likely N-dealkylation sites (tertiary alicyclic amines) is 1. The van der Waals surface area contributed by atoms with Crippen LogP contribution in [0.5, 0.6) is 0 Å². The molecule has 0 radical (unpaired) electrons. The number of carbonyl (C=O) groups excluding carboxylic acids is 1. The molecule has 2 fully saturated rings. The Bertz CT molecular complexity index is 847. The maximum absolute atomic E-state index is 12.7. The molecule has 2 saturated heterocycles. The number of hydrogen-bond donors (Lipinski definition) is 1. The van der Waals surface area contributed by atoms with E-state index in [9.17, 15) is 4.79 Å². The van der Waals surface area contributed by atoms with Gasteiger partial charge in [-0.25, -0.2) is 4.79 Å². The number of rotatable bonds is 2. The highest BCUT2D eigenvalue weighted by Crippen LogP contribution is 2.41. The number of anilines is 2. The van der Waals surface area contributed by atoms with Gasteiger partial charge in [0.15, 0.2) is 0 Å². The molecule has 4 rings (SSSR count). The summed E-state index contributed by atoms with van der Waals surface area (Å²) >= 11 is 12.0. The van der Waals surface area contributed by atoms with Crippen molar-refractivity contribution in [3.63, 3.8) is 0 Å². The normalized spacial score (nSPS) is 18.3. The SMILES string of the molecule is Cc1cc(N2CC3(CCCN(C(=O)Nc4cc(Cl)cc(Cl)c4)C3)C2)ccn1. The Hall–Kier alpha value is -1.98. The largest absolute Gasteiger partial charge is 0.370 e. The molecule has 2 amide bonds. The molecule has 27 heavy (non-hydrogen) atoms. The average Bonchev–Trinajstić information content (AvgIpc) is 2.58. The maximum atomic E-state index is 12.7. The molecule has 0 atom stereocenters. The third-order valence-electron chi connectivity index (χ3n) is 5.36. The number of hydrogen-bond acceptors (Lipinski definition) is 3. The molecule has 0 saturated carbocycles. The predicted molar refractivity (Wildman–Crippen MR) is 110 cm³/mol. The fourth-order valence-electron chi connectivity index (χ4n) is 4.14. The van der Waals surface area contributed by atoms with Crippen molar-refractivity contribution < 1.29 is 4.79 Å². The van der Waals surface area contributed by atoms with E-state index in [1.54, 1.807) is 18.2 Å². The van der Waals surface area contributed by atoms with Crippen molar-refractivity contribution in [3.05, 3.63) is 52.3 Å². The first-order valence-electron chi connectivity index (χ1n) is 9.12.